The molecule has 0 bridgehead atoms. The molecule has 0 amide bonds. The van der Waals surface area contributed by atoms with Crippen LogP contribution in [0.3, 0.4) is 0 Å². The second-order valence-electron chi connectivity index (χ2n) is 9.33. The van der Waals surface area contributed by atoms with E-state index in [0.29, 0.717) is 0 Å². The van der Waals surface area contributed by atoms with Gasteiger partial charge < -0.3 is 15.2 Å². The van der Waals surface area contributed by atoms with E-state index >= 15 is 0 Å². The van der Waals surface area contributed by atoms with Gasteiger partial charge in [-0.25, -0.2) is 26.6 Å². The van der Waals surface area contributed by atoms with E-state index in [9.17, 15) is 32.0 Å². The number of nitriles is 1. The van der Waals surface area contributed by atoms with E-state index in [-0.39, 0.29) is 41.7 Å². The van der Waals surface area contributed by atoms with Gasteiger partial charge in [0.25, 0.3) is 5.92 Å². The number of nitrogens with one attached hydrogen (secondary N) is 1. The number of rotatable bonds is 6. The zero-order valence-electron chi connectivity index (χ0n) is 19.6. The van der Waals surface area contributed by atoms with Gasteiger partial charge >= 0.3 is 0 Å². The number of halogens is 3. The van der Waals surface area contributed by atoms with Crippen LogP contribution < -0.4 is 10.1 Å². The fraction of sp³-hybridized carbons (Fsp3) is 0.619. The van der Waals surface area contributed by atoms with E-state index in [2.05, 4.69) is 20.4 Å². The molecule has 4 atom stereocenters. The summed E-state index contributed by atoms with van der Waals surface area (Å²) in [5.74, 6) is -3.34. The van der Waals surface area contributed by atoms with Crippen LogP contribution >= 0.6 is 0 Å². The monoisotopic (exact) mass is 529 g/mol. The second kappa shape index (κ2) is 9.49. The molecule has 0 radical (unpaired) electrons. The fourth-order valence-corrected chi connectivity index (χ4v) is 5.86. The molecule has 3 heterocycles. The zero-order chi connectivity index (χ0) is 26.3. The van der Waals surface area contributed by atoms with Crippen LogP contribution in [0.2, 0.25) is 0 Å². The van der Waals surface area contributed by atoms with Crippen molar-refractivity contribution >= 4 is 16.0 Å². The number of aryl methyl sites for hydroxylation is 1. The summed E-state index contributed by atoms with van der Waals surface area (Å²) in [6.45, 7) is 0.875. The van der Waals surface area contributed by atoms with Crippen LogP contribution in [0.25, 0.3) is 0 Å². The van der Waals surface area contributed by atoms with Crippen LogP contribution in [-0.2, 0) is 17.1 Å². The first-order valence-corrected chi connectivity index (χ1v) is 12.7. The highest BCUT2D eigenvalue weighted by molar-refractivity contribution is 7.89. The summed E-state index contributed by atoms with van der Waals surface area (Å²) in [5.41, 5.74) is -1.94. The standard InChI is InChI=1S/C21H26F3N7O4S/c1-20(32)12-21(23,24)5-3-17(20)35-18-13(7-25)8-26-19(29-18)28-16-4-6-31(11-15(16)22)36(33,34)14-9-27-30(2)10-14/h8-10,15-17,32H,3-6,11-12H2,1-2H3,(H,26,28,29). The van der Waals surface area contributed by atoms with Crippen molar-refractivity contribution in [1.82, 2.24) is 24.1 Å². The van der Waals surface area contributed by atoms with Gasteiger partial charge in [0.15, 0.2) is 0 Å². The maximum absolute atomic E-state index is 15.0. The molecule has 2 fully saturated rings. The van der Waals surface area contributed by atoms with E-state index in [1.165, 1.54) is 24.0 Å². The maximum Gasteiger partial charge on any atom is 0.251 e. The molecule has 1 saturated carbocycles. The number of nitrogens with zero attached hydrogens (tertiary/aromatic N) is 6. The van der Waals surface area contributed by atoms with Gasteiger partial charge in [0.2, 0.25) is 21.9 Å². The van der Waals surface area contributed by atoms with Gasteiger partial charge in [-0.3, -0.25) is 4.68 Å². The van der Waals surface area contributed by atoms with Crippen LogP contribution in [0.1, 0.15) is 38.2 Å². The lowest BCUT2D eigenvalue weighted by Gasteiger charge is -2.40. The molecule has 4 unspecified atom stereocenters. The van der Waals surface area contributed by atoms with Crippen LogP contribution in [0.5, 0.6) is 5.88 Å². The summed E-state index contributed by atoms with van der Waals surface area (Å²) >= 11 is 0. The summed E-state index contributed by atoms with van der Waals surface area (Å²) in [7, 11) is -2.33. The van der Waals surface area contributed by atoms with Gasteiger partial charge in [0.1, 0.15) is 34.4 Å². The minimum absolute atomic E-state index is 0.0304. The summed E-state index contributed by atoms with van der Waals surface area (Å²) in [5, 5.41) is 26.5. The largest absolute Gasteiger partial charge is 0.470 e. The molecule has 4 rings (SSSR count). The highest BCUT2D eigenvalue weighted by atomic mass is 32.2. The molecule has 2 aliphatic rings. The highest BCUT2D eigenvalue weighted by Crippen LogP contribution is 2.41. The Labute approximate surface area is 205 Å². The lowest BCUT2D eigenvalue weighted by atomic mass is 9.81. The van der Waals surface area contributed by atoms with Crippen molar-refractivity contribution in [3.8, 4) is 11.9 Å². The van der Waals surface area contributed by atoms with E-state index in [1.54, 1.807) is 7.05 Å². The van der Waals surface area contributed by atoms with Crippen LogP contribution in [0.4, 0.5) is 19.1 Å². The minimum Gasteiger partial charge on any atom is -0.470 e. The van der Waals surface area contributed by atoms with E-state index in [4.69, 9.17) is 4.74 Å². The molecule has 196 valence electrons. The van der Waals surface area contributed by atoms with E-state index in [0.717, 1.165) is 10.5 Å². The molecule has 0 spiro atoms. The van der Waals surface area contributed by atoms with E-state index in [1.807, 2.05) is 6.07 Å². The van der Waals surface area contributed by atoms with Crippen LogP contribution in [-0.4, -0.2) is 80.5 Å². The molecule has 15 heteroatoms. The third-order valence-electron chi connectivity index (χ3n) is 6.35. The smallest absolute Gasteiger partial charge is 0.251 e. The molecular formula is C21H26F3N7O4S. The second-order valence-corrected chi connectivity index (χ2v) is 11.3. The summed E-state index contributed by atoms with van der Waals surface area (Å²) in [4.78, 5) is 8.07. The first kappa shape index (κ1) is 26.1. The van der Waals surface area contributed by atoms with Crippen molar-refractivity contribution < 1.29 is 31.4 Å². The molecule has 0 aromatic carbocycles. The van der Waals surface area contributed by atoms with Gasteiger partial charge in [-0.15, -0.1) is 0 Å². The first-order chi connectivity index (χ1) is 16.8. The predicted octanol–water partition coefficient (Wildman–Crippen LogP) is 1.61. The normalized spacial score (nSPS) is 28.9. The number of aliphatic hydroxyl groups is 1. The Kier molecular flexibility index (Phi) is 6.88. The van der Waals surface area contributed by atoms with Gasteiger partial charge in [0, 0.05) is 39.2 Å². The Balaban J connectivity index is 1.45. The number of hydrogen-bond acceptors (Lipinski definition) is 9. The predicted molar refractivity (Wildman–Crippen MR) is 119 cm³/mol. The Morgan fingerprint density at radius 3 is 2.69 bits per heavy atom. The van der Waals surface area contributed by atoms with Crippen molar-refractivity contribution in [3.05, 3.63) is 24.2 Å². The van der Waals surface area contributed by atoms with Gasteiger partial charge in [-0.1, -0.05) is 0 Å². The van der Waals surface area contributed by atoms with Gasteiger partial charge in [-0.2, -0.15) is 19.6 Å². The van der Waals surface area contributed by atoms with Crippen molar-refractivity contribution in [2.24, 2.45) is 7.05 Å². The molecule has 11 nitrogen and oxygen atoms in total. The number of ether oxygens (including phenoxy) is 1. The molecule has 1 aliphatic heterocycles. The third kappa shape index (κ3) is 5.40. The lowest BCUT2D eigenvalue weighted by Crippen LogP contribution is -2.51. The first-order valence-electron chi connectivity index (χ1n) is 11.2. The number of anilines is 1. The molecular weight excluding hydrogens is 503 g/mol. The fourth-order valence-electron chi connectivity index (χ4n) is 4.41. The SMILES string of the molecule is Cn1cc(S(=O)(=O)N2CCC(Nc3ncc(C#N)c(OC4CCC(F)(F)CC4(C)O)n3)C(F)C2)cn1. The summed E-state index contributed by atoms with van der Waals surface area (Å²) in [6.07, 6.45) is -0.305. The lowest BCUT2D eigenvalue weighted by molar-refractivity contribution is -0.162. The van der Waals surface area contributed by atoms with Crippen molar-refractivity contribution in [1.29, 1.82) is 5.26 Å². The average molecular weight is 530 g/mol. The number of piperidine rings is 1. The maximum atomic E-state index is 15.0. The van der Waals surface area contributed by atoms with Crippen molar-refractivity contribution in [2.75, 3.05) is 18.4 Å². The Hall–Kier alpha value is -2.96. The number of hydrogen-bond donors (Lipinski definition) is 2. The molecule has 2 aromatic rings. The van der Waals surface area contributed by atoms with Gasteiger partial charge in [0.05, 0.1) is 18.4 Å². The highest BCUT2D eigenvalue weighted by Gasteiger charge is 2.49. The molecule has 36 heavy (non-hydrogen) atoms. The van der Waals surface area contributed by atoms with Gasteiger partial charge in [-0.05, 0) is 19.8 Å². The Bertz CT molecular complexity index is 1260. The topological polar surface area (TPSA) is 146 Å². The number of alkyl halides is 3. The number of sulfonamides is 1. The Morgan fingerprint density at radius 2 is 2.08 bits per heavy atom. The quantitative estimate of drug-likeness (QED) is 0.570. The van der Waals surface area contributed by atoms with Crippen molar-refractivity contribution in [3.63, 3.8) is 0 Å². The van der Waals surface area contributed by atoms with Crippen molar-refractivity contribution in [2.45, 2.75) is 67.3 Å². The molecule has 1 saturated heterocycles. The minimum atomic E-state index is -3.90. The molecule has 1 aliphatic carbocycles. The summed E-state index contributed by atoms with van der Waals surface area (Å²) in [6, 6.07) is 1.02. The summed E-state index contributed by atoms with van der Waals surface area (Å²) < 4.78 is 76.0. The zero-order valence-corrected chi connectivity index (χ0v) is 20.4. The third-order valence-corrected chi connectivity index (χ3v) is 8.17. The van der Waals surface area contributed by atoms with E-state index < -0.39 is 59.3 Å². The molecule has 2 N–H and O–H groups in total. The number of aromatic nitrogens is 4. The van der Waals surface area contributed by atoms with Crippen LogP contribution in [0.15, 0.2) is 23.5 Å². The van der Waals surface area contributed by atoms with Crippen LogP contribution in [0, 0.1) is 11.3 Å². The Morgan fingerprint density at radius 1 is 1.33 bits per heavy atom. The average Bonchev–Trinajstić information content (AvgIpc) is 3.23. The molecule has 2 aromatic heterocycles.